The fourth-order valence-corrected chi connectivity index (χ4v) is 5.69. The molecule has 4 rings (SSSR count). The van der Waals surface area contributed by atoms with Crippen molar-refractivity contribution in [3.8, 4) is 0 Å². The molecule has 6 heteroatoms. The highest BCUT2D eigenvalue weighted by atomic mass is 16.5. The van der Waals surface area contributed by atoms with Crippen molar-refractivity contribution in [1.29, 1.82) is 0 Å². The van der Waals surface area contributed by atoms with Gasteiger partial charge in [0.1, 0.15) is 12.6 Å². The van der Waals surface area contributed by atoms with E-state index in [0.29, 0.717) is 31.6 Å². The number of benzene rings is 1. The van der Waals surface area contributed by atoms with Crippen LogP contribution in [0, 0.1) is 6.92 Å². The lowest BCUT2D eigenvalue weighted by Crippen LogP contribution is -2.46. The molecule has 2 aliphatic rings. The molecular weight excluding hydrogens is 428 g/mol. The third kappa shape index (κ3) is 5.12. The second kappa shape index (κ2) is 10.9. The van der Waals surface area contributed by atoms with Crippen LogP contribution in [0.5, 0.6) is 0 Å². The number of aryl methyl sites for hydroxylation is 2. The van der Waals surface area contributed by atoms with Gasteiger partial charge in [0, 0.05) is 36.7 Å². The number of rotatable bonds is 3. The fourth-order valence-electron chi connectivity index (χ4n) is 5.69. The number of ether oxygens (including phenoxy) is 1. The molecule has 0 unspecified atom stereocenters. The Morgan fingerprint density at radius 1 is 1.09 bits per heavy atom. The Balaban J connectivity index is 1.74. The summed E-state index contributed by atoms with van der Waals surface area (Å²) in [5.74, 6) is -0.0174. The lowest BCUT2D eigenvalue weighted by atomic mass is 9.99. The number of amides is 1. The van der Waals surface area contributed by atoms with Crippen molar-refractivity contribution in [1.82, 2.24) is 9.47 Å². The van der Waals surface area contributed by atoms with Crippen molar-refractivity contribution in [2.24, 2.45) is 0 Å². The number of carbonyl (C=O) groups excluding carboxylic acids is 3. The Bertz CT molecular complexity index is 1070. The summed E-state index contributed by atoms with van der Waals surface area (Å²) in [7, 11) is 0. The van der Waals surface area contributed by atoms with Crippen LogP contribution in [0.3, 0.4) is 0 Å². The molecule has 2 aliphatic heterocycles. The van der Waals surface area contributed by atoms with Gasteiger partial charge in [-0.3, -0.25) is 14.4 Å². The molecule has 2 atom stereocenters. The van der Waals surface area contributed by atoms with Crippen LogP contribution in [0.25, 0.3) is 10.9 Å². The molecule has 0 radical (unpaired) electrons. The monoisotopic (exact) mass is 466 g/mol. The van der Waals surface area contributed by atoms with Gasteiger partial charge in [-0.1, -0.05) is 44.2 Å². The van der Waals surface area contributed by atoms with E-state index in [1.54, 1.807) is 11.8 Å². The molecule has 6 nitrogen and oxygen atoms in total. The second-order valence-corrected chi connectivity index (χ2v) is 9.97. The lowest BCUT2D eigenvalue weighted by molar-refractivity contribution is -0.140. The number of nitrogens with zero attached hydrogens (tertiary/aromatic N) is 2. The Kier molecular flexibility index (Phi) is 7.87. The average molecular weight is 467 g/mol. The summed E-state index contributed by atoms with van der Waals surface area (Å²) in [6.45, 7) is 6.80. The number of hydrogen-bond acceptors (Lipinski definition) is 4. The van der Waals surface area contributed by atoms with Crippen LogP contribution in [-0.2, 0) is 27.3 Å². The SMILES string of the molecule is CCC(=O)[C@@H]1[C@H]2CCN1C(=O)Cn1cc(C(C)=O)c3cc(C)cc(c31)CCCCCCCCO2. The van der Waals surface area contributed by atoms with E-state index in [4.69, 9.17) is 4.74 Å². The van der Waals surface area contributed by atoms with Gasteiger partial charge in [0.15, 0.2) is 11.6 Å². The van der Waals surface area contributed by atoms with Gasteiger partial charge in [-0.2, -0.15) is 0 Å². The van der Waals surface area contributed by atoms with Gasteiger partial charge in [-0.25, -0.2) is 0 Å². The molecule has 2 bridgehead atoms. The zero-order valence-electron chi connectivity index (χ0n) is 20.9. The van der Waals surface area contributed by atoms with Crippen LogP contribution in [-0.4, -0.2) is 52.2 Å². The first-order valence-corrected chi connectivity index (χ1v) is 13.0. The second-order valence-electron chi connectivity index (χ2n) is 9.97. The van der Waals surface area contributed by atoms with Gasteiger partial charge in [-0.05, 0) is 51.2 Å². The first-order chi connectivity index (χ1) is 16.4. The van der Waals surface area contributed by atoms with Crippen molar-refractivity contribution in [2.75, 3.05) is 13.2 Å². The van der Waals surface area contributed by atoms with Crippen molar-refractivity contribution >= 4 is 28.4 Å². The first kappa shape index (κ1) is 24.6. The minimum absolute atomic E-state index is 0.00330. The van der Waals surface area contributed by atoms with Crippen molar-refractivity contribution in [2.45, 2.75) is 97.2 Å². The summed E-state index contributed by atoms with van der Waals surface area (Å²) in [5.41, 5.74) is 3.97. The minimum atomic E-state index is -0.510. The molecule has 1 saturated heterocycles. The highest BCUT2D eigenvalue weighted by Crippen LogP contribution is 2.30. The number of Topliss-reactive ketones (excluding diaryl/α,β-unsaturated/α-hetero) is 2. The first-order valence-electron chi connectivity index (χ1n) is 13.0. The van der Waals surface area contributed by atoms with E-state index in [9.17, 15) is 14.4 Å². The number of ketones is 2. The minimum Gasteiger partial charge on any atom is -0.376 e. The largest absolute Gasteiger partial charge is 0.376 e. The number of carbonyl (C=O) groups is 3. The predicted octanol–water partition coefficient (Wildman–Crippen LogP) is 5.01. The number of aromatic nitrogens is 1. The van der Waals surface area contributed by atoms with Gasteiger partial charge in [0.2, 0.25) is 5.91 Å². The van der Waals surface area contributed by atoms with Crippen LogP contribution in [0.15, 0.2) is 18.3 Å². The van der Waals surface area contributed by atoms with Crippen molar-refractivity contribution < 1.29 is 19.1 Å². The van der Waals surface area contributed by atoms with E-state index >= 15 is 0 Å². The maximum absolute atomic E-state index is 13.6. The summed E-state index contributed by atoms with van der Waals surface area (Å²) < 4.78 is 8.09. The van der Waals surface area contributed by atoms with E-state index in [-0.39, 0.29) is 30.1 Å². The normalized spacial score (nSPS) is 22.7. The Morgan fingerprint density at radius 2 is 1.82 bits per heavy atom. The highest BCUT2D eigenvalue weighted by Gasteiger charge is 2.41. The van der Waals surface area contributed by atoms with E-state index in [0.717, 1.165) is 42.1 Å². The van der Waals surface area contributed by atoms with Gasteiger partial charge >= 0.3 is 0 Å². The van der Waals surface area contributed by atoms with Gasteiger partial charge < -0.3 is 14.2 Å². The molecule has 184 valence electrons. The quantitative estimate of drug-likeness (QED) is 0.596. The third-order valence-electron chi connectivity index (χ3n) is 7.39. The predicted molar refractivity (Wildman–Crippen MR) is 133 cm³/mol. The van der Waals surface area contributed by atoms with E-state index in [1.807, 2.05) is 17.7 Å². The Morgan fingerprint density at radius 3 is 2.56 bits per heavy atom. The highest BCUT2D eigenvalue weighted by molar-refractivity contribution is 6.08. The zero-order valence-corrected chi connectivity index (χ0v) is 20.9. The molecule has 1 aromatic carbocycles. The van der Waals surface area contributed by atoms with Crippen molar-refractivity contribution in [3.05, 3.63) is 35.0 Å². The fraction of sp³-hybridized carbons (Fsp3) is 0.607. The maximum Gasteiger partial charge on any atom is 0.243 e. The summed E-state index contributed by atoms with van der Waals surface area (Å²) >= 11 is 0. The van der Waals surface area contributed by atoms with Crippen LogP contribution < -0.4 is 0 Å². The van der Waals surface area contributed by atoms with Crippen LogP contribution >= 0.6 is 0 Å². The molecule has 1 aromatic heterocycles. The van der Waals surface area contributed by atoms with Crippen LogP contribution in [0.4, 0.5) is 0 Å². The number of fused-ring (bicyclic) bond motifs is 2. The summed E-state index contributed by atoms with van der Waals surface area (Å²) in [4.78, 5) is 40.6. The molecule has 3 heterocycles. The topological polar surface area (TPSA) is 68.6 Å². The molecule has 1 amide bonds. The summed E-state index contributed by atoms with van der Waals surface area (Å²) in [6, 6.07) is 3.75. The Hall–Kier alpha value is -2.47. The van der Waals surface area contributed by atoms with E-state index in [1.165, 1.54) is 24.8 Å². The van der Waals surface area contributed by atoms with Gasteiger partial charge in [-0.15, -0.1) is 0 Å². The molecule has 0 saturated carbocycles. The molecular formula is C28H38N2O4. The van der Waals surface area contributed by atoms with Gasteiger partial charge in [0.25, 0.3) is 0 Å². The molecule has 34 heavy (non-hydrogen) atoms. The lowest BCUT2D eigenvalue weighted by Gasteiger charge is -2.27. The zero-order chi connectivity index (χ0) is 24.2. The summed E-state index contributed by atoms with van der Waals surface area (Å²) in [5, 5.41) is 0.928. The molecule has 2 aromatic rings. The van der Waals surface area contributed by atoms with Crippen LogP contribution in [0.2, 0.25) is 0 Å². The Labute approximate surface area is 202 Å². The van der Waals surface area contributed by atoms with Crippen molar-refractivity contribution in [3.63, 3.8) is 0 Å². The van der Waals surface area contributed by atoms with E-state index in [2.05, 4.69) is 19.1 Å². The molecule has 0 aliphatic carbocycles. The van der Waals surface area contributed by atoms with E-state index < -0.39 is 6.04 Å². The molecule has 0 N–H and O–H groups in total. The smallest absolute Gasteiger partial charge is 0.243 e. The van der Waals surface area contributed by atoms with Crippen LogP contribution in [0.1, 0.15) is 86.7 Å². The van der Waals surface area contributed by atoms with Gasteiger partial charge in [0.05, 0.1) is 11.6 Å². The summed E-state index contributed by atoms with van der Waals surface area (Å²) in [6.07, 6.45) is 10.4. The molecule has 0 spiro atoms. The standard InChI is InChI=1S/C28H38N2O4/c1-4-24(32)28-25-12-13-30(28)26(33)18-29-17-23(20(3)31)22-16-19(2)15-21(27(22)29)11-9-7-5-6-8-10-14-34-25/h15-17,25,28H,4-14,18H2,1-3H3/t25-,28-/m1/s1. The molecule has 1 fully saturated rings. The third-order valence-corrected chi connectivity index (χ3v) is 7.39. The number of hydrogen-bond donors (Lipinski definition) is 0. The average Bonchev–Trinajstić information content (AvgIpc) is 3.38. The maximum atomic E-state index is 13.6.